The Morgan fingerprint density at radius 2 is 2.04 bits per heavy atom. The van der Waals surface area contributed by atoms with Gasteiger partial charge in [-0.2, -0.15) is 0 Å². The van der Waals surface area contributed by atoms with Gasteiger partial charge in [0.2, 0.25) is 0 Å². The molecule has 27 heavy (non-hydrogen) atoms. The molecule has 6 nitrogen and oxygen atoms in total. The number of hydrogen-bond acceptors (Lipinski definition) is 4. The fraction of sp³-hybridized carbons (Fsp3) is 0.350. The van der Waals surface area contributed by atoms with Gasteiger partial charge in [-0.3, -0.25) is 9.78 Å². The normalized spacial score (nSPS) is 13.0. The molecule has 0 saturated carbocycles. The van der Waals surface area contributed by atoms with Crippen molar-refractivity contribution in [2.45, 2.75) is 26.3 Å². The lowest BCUT2D eigenvalue weighted by Gasteiger charge is -2.28. The average molecular weight is 432 g/mol. The van der Waals surface area contributed by atoms with Gasteiger partial charge in [-0.25, -0.2) is 4.79 Å². The number of halogens is 1. The van der Waals surface area contributed by atoms with Crippen molar-refractivity contribution in [3.8, 4) is 0 Å². The molecule has 1 aromatic heterocycles. The second-order valence-electron chi connectivity index (χ2n) is 6.33. The van der Waals surface area contributed by atoms with Crippen LogP contribution in [0, 0.1) is 0 Å². The van der Waals surface area contributed by atoms with E-state index in [4.69, 9.17) is 4.74 Å². The zero-order chi connectivity index (χ0) is 19.2. The number of rotatable bonds is 5. The van der Waals surface area contributed by atoms with Gasteiger partial charge in [0.05, 0.1) is 18.7 Å². The highest BCUT2D eigenvalue weighted by Gasteiger charge is 2.25. The number of nitrogens with zero attached hydrogens (tertiary/aromatic N) is 2. The number of carbonyl (C=O) groups is 2. The third kappa shape index (κ3) is 4.86. The van der Waals surface area contributed by atoms with Crippen LogP contribution in [0.1, 0.15) is 34.0 Å². The van der Waals surface area contributed by atoms with Gasteiger partial charge in [0.15, 0.2) is 0 Å². The van der Waals surface area contributed by atoms with Crippen molar-refractivity contribution in [2.75, 3.05) is 19.7 Å². The summed E-state index contributed by atoms with van der Waals surface area (Å²) in [6.45, 7) is 3.64. The van der Waals surface area contributed by atoms with Gasteiger partial charge in [0.25, 0.3) is 5.91 Å². The minimum absolute atomic E-state index is 0.124. The van der Waals surface area contributed by atoms with Gasteiger partial charge in [0, 0.05) is 30.0 Å². The molecule has 0 saturated heterocycles. The summed E-state index contributed by atoms with van der Waals surface area (Å²) in [6, 6.07) is 8.05. The quantitative estimate of drug-likeness (QED) is 0.787. The van der Waals surface area contributed by atoms with Gasteiger partial charge in [-0.1, -0.05) is 28.1 Å². The van der Waals surface area contributed by atoms with E-state index in [-0.39, 0.29) is 12.0 Å². The number of ether oxygens (including phenoxy) is 1. The maximum atomic E-state index is 12.6. The van der Waals surface area contributed by atoms with Gasteiger partial charge in [0.1, 0.15) is 0 Å². The van der Waals surface area contributed by atoms with Crippen LogP contribution >= 0.6 is 15.9 Å². The van der Waals surface area contributed by atoms with Gasteiger partial charge in [-0.15, -0.1) is 0 Å². The summed E-state index contributed by atoms with van der Waals surface area (Å²) in [4.78, 5) is 30.4. The van der Waals surface area contributed by atoms with Crippen LogP contribution in [0.5, 0.6) is 0 Å². The first kappa shape index (κ1) is 19.4. The van der Waals surface area contributed by atoms with Crippen LogP contribution < -0.4 is 5.32 Å². The molecule has 2 aromatic rings. The summed E-state index contributed by atoms with van der Waals surface area (Å²) in [5.74, 6) is -0.124. The minimum Gasteiger partial charge on any atom is -0.450 e. The summed E-state index contributed by atoms with van der Waals surface area (Å²) in [6.07, 6.45) is 4.38. The lowest BCUT2D eigenvalue weighted by molar-refractivity contribution is 0.0950. The molecule has 0 radical (unpaired) electrons. The van der Waals surface area contributed by atoms with E-state index >= 15 is 0 Å². The molecule has 1 N–H and O–H groups in total. The number of amides is 2. The topological polar surface area (TPSA) is 71.5 Å². The van der Waals surface area contributed by atoms with Gasteiger partial charge in [-0.05, 0) is 48.6 Å². The lowest BCUT2D eigenvalue weighted by atomic mass is 9.97. The molecular weight excluding hydrogens is 410 g/mol. The molecule has 0 unspecified atom stereocenters. The molecule has 2 heterocycles. The van der Waals surface area contributed by atoms with Gasteiger partial charge < -0.3 is 15.0 Å². The van der Waals surface area contributed by atoms with Crippen molar-refractivity contribution in [1.29, 1.82) is 0 Å². The van der Waals surface area contributed by atoms with Crippen molar-refractivity contribution >= 4 is 27.9 Å². The SMILES string of the molecule is CCOC(=O)N1CCc2c(cncc2C(=O)NCCc2ccc(Br)cc2)C1. The number of pyridine rings is 1. The summed E-state index contributed by atoms with van der Waals surface area (Å²) < 4.78 is 6.10. The van der Waals surface area contributed by atoms with Crippen LogP contribution in [0.15, 0.2) is 41.1 Å². The Morgan fingerprint density at radius 1 is 1.26 bits per heavy atom. The average Bonchev–Trinajstić information content (AvgIpc) is 2.68. The number of hydrogen-bond donors (Lipinski definition) is 1. The van der Waals surface area contributed by atoms with Crippen LogP contribution in [-0.4, -0.2) is 41.6 Å². The van der Waals surface area contributed by atoms with E-state index < -0.39 is 0 Å². The highest BCUT2D eigenvalue weighted by atomic mass is 79.9. The van der Waals surface area contributed by atoms with E-state index in [1.807, 2.05) is 24.3 Å². The molecule has 1 aliphatic rings. The van der Waals surface area contributed by atoms with E-state index in [2.05, 4.69) is 26.2 Å². The molecule has 0 atom stereocenters. The second-order valence-corrected chi connectivity index (χ2v) is 7.24. The van der Waals surface area contributed by atoms with E-state index in [1.54, 1.807) is 24.2 Å². The van der Waals surface area contributed by atoms with Crippen molar-refractivity contribution in [3.63, 3.8) is 0 Å². The Labute approximate surface area is 167 Å². The number of benzene rings is 1. The van der Waals surface area contributed by atoms with Crippen molar-refractivity contribution in [2.24, 2.45) is 0 Å². The maximum absolute atomic E-state index is 12.6. The standard InChI is InChI=1S/C20H22BrN3O3/c1-2-27-20(26)24-10-8-17-15(13-24)11-22-12-18(17)19(25)23-9-7-14-3-5-16(21)6-4-14/h3-6,11-12H,2,7-10,13H2,1H3,(H,23,25). The van der Waals surface area contributed by atoms with E-state index in [0.717, 1.165) is 27.6 Å². The molecule has 142 valence electrons. The molecule has 1 aromatic carbocycles. The molecule has 1 aliphatic heterocycles. The van der Waals surface area contributed by atoms with E-state index in [0.29, 0.717) is 38.2 Å². The van der Waals surface area contributed by atoms with Crippen molar-refractivity contribution in [3.05, 3.63) is 63.4 Å². The zero-order valence-electron chi connectivity index (χ0n) is 15.2. The summed E-state index contributed by atoms with van der Waals surface area (Å²) in [5.41, 5.74) is 3.62. The van der Waals surface area contributed by atoms with Crippen LogP contribution in [0.25, 0.3) is 0 Å². The largest absolute Gasteiger partial charge is 0.450 e. The zero-order valence-corrected chi connectivity index (χ0v) is 16.8. The molecule has 7 heteroatoms. The van der Waals surface area contributed by atoms with Crippen molar-refractivity contribution < 1.29 is 14.3 Å². The Hall–Kier alpha value is -2.41. The highest BCUT2D eigenvalue weighted by molar-refractivity contribution is 9.10. The number of carbonyl (C=O) groups excluding carboxylic acids is 2. The van der Waals surface area contributed by atoms with Crippen LogP contribution in [0.3, 0.4) is 0 Å². The molecule has 3 rings (SSSR count). The molecule has 0 spiro atoms. The lowest BCUT2D eigenvalue weighted by Crippen LogP contribution is -2.37. The highest BCUT2D eigenvalue weighted by Crippen LogP contribution is 2.22. The second kappa shape index (κ2) is 8.99. The van der Waals surface area contributed by atoms with Gasteiger partial charge >= 0.3 is 6.09 Å². The summed E-state index contributed by atoms with van der Waals surface area (Å²) in [5, 5.41) is 2.97. The molecule has 0 fully saturated rings. The minimum atomic E-state index is -0.326. The Balaban J connectivity index is 1.62. The molecule has 0 bridgehead atoms. The molecule has 2 amide bonds. The molecular formula is C20H22BrN3O3. The fourth-order valence-corrected chi connectivity index (χ4v) is 3.39. The third-order valence-electron chi connectivity index (χ3n) is 4.52. The first-order valence-electron chi connectivity index (χ1n) is 8.98. The van der Waals surface area contributed by atoms with Crippen LogP contribution in [0.4, 0.5) is 4.79 Å². The number of fused-ring (bicyclic) bond motifs is 1. The number of nitrogens with one attached hydrogen (secondary N) is 1. The first-order valence-corrected chi connectivity index (χ1v) is 9.78. The van der Waals surface area contributed by atoms with Crippen LogP contribution in [-0.2, 0) is 24.1 Å². The van der Waals surface area contributed by atoms with E-state index in [9.17, 15) is 9.59 Å². The van der Waals surface area contributed by atoms with Crippen LogP contribution in [0.2, 0.25) is 0 Å². The first-order chi connectivity index (χ1) is 13.1. The van der Waals surface area contributed by atoms with Crippen molar-refractivity contribution in [1.82, 2.24) is 15.2 Å². The Morgan fingerprint density at radius 3 is 2.78 bits per heavy atom. The molecule has 0 aliphatic carbocycles. The summed E-state index contributed by atoms with van der Waals surface area (Å²) in [7, 11) is 0. The maximum Gasteiger partial charge on any atom is 0.410 e. The monoisotopic (exact) mass is 431 g/mol. The predicted octanol–water partition coefficient (Wildman–Crippen LogP) is 3.33. The Kier molecular flexibility index (Phi) is 6.45. The third-order valence-corrected chi connectivity index (χ3v) is 5.05. The van der Waals surface area contributed by atoms with E-state index in [1.165, 1.54) is 0 Å². The fourth-order valence-electron chi connectivity index (χ4n) is 3.13. The Bertz CT molecular complexity index is 824. The number of aromatic nitrogens is 1. The summed E-state index contributed by atoms with van der Waals surface area (Å²) >= 11 is 3.42. The predicted molar refractivity (Wildman–Crippen MR) is 106 cm³/mol. The smallest absolute Gasteiger partial charge is 0.410 e.